The first kappa shape index (κ1) is 20.1. The molecule has 132 valence electrons. The SMILES string of the molecule is Cl.NCCCNS(=O)(=O)c1ccc(OCC2CCOC2)c(F)c1. The van der Waals surface area contributed by atoms with Crippen LogP contribution in [0.1, 0.15) is 12.8 Å². The molecule has 1 fully saturated rings. The Hall–Kier alpha value is -0.930. The van der Waals surface area contributed by atoms with Crippen molar-refractivity contribution in [2.45, 2.75) is 17.7 Å². The molecule has 1 unspecified atom stereocenters. The summed E-state index contributed by atoms with van der Waals surface area (Å²) in [5.74, 6) is -0.394. The second kappa shape index (κ2) is 9.39. The highest BCUT2D eigenvalue weighted by atomic mass is 35.5. The van der Waals surface area contributed by atoms with E-state index in [1.165, 1.54) is 12.1 Å². The highest BCUT2D eigenvalue weighted by Crippen LogP contribution is 2.22. The van der Waals surface area contributed by atoms with Crippen molar-refractivity contribution in [2.75, 3.05) is 32.9 Å². The highest BCUT2D eigenvalue weighted by Gasteiger charge is 2.19. The largest absolute Gasteiger partial charge is 0.490 e. The highest BCUT2D eigenvalue weighted by molar-refractivity contribution is 7.89. The summed E-state index contributed by atoms with van der Waals surface area (Å²) in [7, 11) is -3.72. The second-order valence-corrected chi connectivity index (χ2v) is 6.94. The number of halogens is 2. The van der Waals surface area contributed by atoms with Gasteiger partial charge in [-0.1, -0.05) is 0 Å². The lowest BCUT2D eigenvalue weighted by atomic mass is 10.1. The Balaban J connectivity index is 0.00000264. The number of sulfonamides is 1. The minimum atomic E-state index is -3.72. The third-order valence-corrected chi connectivity index (χ3v) is 4.84. The first-order chi connectivity index (χ1) is 10.5. The normalized spacial score (nSPS) is 17.7. The van der Waals surface area contributed by atoms with Gasteiger partial charge in [-0.15, -0.1) is 12.4 Å². The summed E-state index contributed by atoms with van der Waals surface area (Å²) >= 11 is 0. The average molecular weight is 369 g/mol. The Labute approximate surface area is 142 Å². The molecule has 1 aliphatic rings. The van der Waals surface area contributed by atoms with Gasteiger partial charge in [0.05, 0.1) is 18.1 Å². The maximum absolute atomic E-state index is 14.0. The van der Waals surface area contributed by atoms with Crippen molar-refractivity contribution in [3.63, 3.8) is 0 Å². The molecule has 0 radical (unpaired) electrons. The topological polar surface area (TPSA) is 90.7 Å². The summed E-state index contributed by atoms with van der Waals surface area (Å²) in [4.78, 5) is -0.126. The summed E-state index contributed by atoms with van der Waals surface area (Å²) in [6, 6.07) is 3.63. The number of hydrogen-bond acceptors (Lipinski definition) is 5. The summed E-state index contributed by atoms with van der Waals surface area (Å²) in [5, 5.41) is 0. The molecule has 1 aliphatic heterocycles. The average Bonchev–Trinajstić information content (AvgIpc) is 2.99. The van der Waals surface area contributed by atoms with E-state index in [1.807, 2.05) is 0 Å². The van der Waals surface area contributed by atoms with Crippen molar-refractivity contribution < 1.29 is 22.3 Å². The number of ether oxygens (including phenoxy) is 2. The molecule has 0 bridgehead atoms. The van der Waals surface area contributed by atoms with Crippen LogP contribution in [0.15, 0.2) is 23.1 Å². The molecule has 1 aromatic carbocycles. The fourth-order valence-electron chi connectivity index (χ4n) is 2.08. The van der Waals surface area contributed by atoms with Gasteiger partial charge in [-0.25, -0.2) is 17.5 Å². The molecule has 1 atom stereocenters. The maximum atomic E-state index is 14.0. The maximum Gasteiger partial charge on any atom is 0.240 e. The van der Waals surface area contributed by atoms with Crippen LogP contribution in [-0.4, -0.2) is 41.3 Å². The zero-order chi connectivity index (χ0) is 16.0. The molecule has 1 saturated heterocycles. The first-order valence-corrected chi connectivity index (χ1v) is 8.71. The van der Waals surface area contributed by atoms with E-state index in [4.69, 9.17) is 15.2 Å². The van der Waals surface area contributed by atoms with Crippen molar-refractivity contribution in [1.82, 2.24) is 4.72 Å². The van der Waals surface area contributed by atoms with Crippen molar-refractivity contribution in [2.24, 2.45) is 11.7 Å². The van der Waals surface area contributed by atoms with Gasteiger partial charge in [-0.3, -0.25) is 0 Å². The molecule has 0 spiro atoms. The van der Waals surface area contributed by atoms with Gasteiger partial charge in [0.1, 0.15) is 0 Å². The van der Waals surface area contributed by atoms with Crippen LogP contribution in [0.3, 0.4) is 0 Å². The Kier molecular flexibility index (Phi) is 8.21. The number of hydrogen-bond donors (Lipinski definition) is 2. The molecule has 6 nitrogen and oxygen atoms in total. The first-order valence-electron chi connectivity index (χ1n) is 7.23. The molecule has 0 aliphatic carbocycles. The van der Waals surface area contributed by atoms with E-state index in [2.05, 4.69) is 4.72 Å². The Morgan fingerprint density at radius 1 is 1.43 bits per heavy atom. The van der Waals surface area contributed by atoms with E-state index in [0.717, 1.165) is 12.5 Å². The van der Waals surface area contributed by atoms with Gasteiger partial charge in [-0.2, -0.15) is 0 Å². The Morgan fingerprint density at radius 3 is 2.83 bits per heavy atom. The summed E-state index contributed by atoms with van der Waals surface area (Å²) < 4.78 is 50.9. The Morgan fingerprint density at radius 2 is 2.22 bits per heavy atom. The molecule has 9 heteroatoms. The molecule has 1 heterocycles. The molecular weight excluding hydrogens is 347 g/mol. The minimum Gasteiger partial charge on any atom is -0.490 e. The molecule has 0 amide bonds. The van der Waals surface area contributed by atoms with Crippen LogP contribution in [0.5, 0.6) is 5.75 Å². The van der Waals surface area contributed by atoms with Gasteiger partial charge in [-0.05, 0) is 37.6 Å². The van der Waals surface area contributed by atoms with E-state index < -0.39 is 15.8 Å². The van der Waals surface area contributed by atoms with Crippen molar-refractivity contribution in [3.8, 4) is 5.75 Å². The molecule has 23 heavy (non-hydrogen) atoms. The quantitative estimate of drug-likeness (QED) is 0.675. The van der Waals surface area contributed by atoms with Crippen LogP contribution in [0.2, 0.25) is 0 Å². The summed E-state index contributed by atoms with van der Waals surface area (Å²) in [6.45, 7) is 2.27. The molecule has 0 saturated carbocycles. The lowest BCUT2D eigenvalue weighted by molar-refractivity contribution is 0.165. The minimum absolute atomic E-state index is 0. The molecular formula is C14H22ClFN2O4S. The van der Waals surface area contributed by atoms with E-state index in [0.29, 0.717) is 32.8 Å². The van der Waals surface area contributed by atoms with Gasteiger partial charge in [0.2, 0.25) is 10.0 Å². The van der Waals surface area contributed by atoms with Crippen LogP contribution < -0.4 is 15.2 Å². The zero-order valence-electron chi connectivity index (χ0n) is 12.7. The fraction of sp³-hybridized carbons (Fsp3) is 0.571. The number of nitrogens with one attached hydrogen (secondary N) is 1. The van der Waals surface area contributed by atoms with E-state index >= 15 is 0 Å². The Bertz CT molecular complexity index is 594. The van der Waals surface area contributed by atoms with Gasteiger partial charge < -0.3 is 15.2 Å². The van der Waals surface area contributed by atoms with Crippen LogP contribution in [0, 0.1) is 11.7 Å². The third kappa shape index (κ3) is 5.89. The van der Waals surface area contributed by atoms with Gasteiger partial charge in [0, 0.05) is 19.1 Å². The van der Waals surface area contributed by atoms with Gasteiger partial charge >= 0.3 is 0 Å². The summed E-state index contributed by atoms with van der Waals surface area (Å²) in [6.07, 6.45) is 1.41. The predicted molar refractivity (Wildman–Crippen MR) is 86.9 cm³/mol. The zero-order valence-corrected chi connectivity index (χ0v) is 14.3. The molecule has 3 N–H and O–H groups in total. The second-order valence-electron chi connectivity index (χ2n) is 5.17. The van der Waals surface area contributed by atoms with E-state index in [9.17, 15) is 12.8 Å². The molecule has 0 aromatic heterocycles. The predicted octanol–water partition coefficient (Wildman–Crippen LogP) is 1.29. The van der Waals surface area contributed by atoms with Gasteiger partial charge in [0.15, 0.2) is 11.6 Å². The molecule has 1 aromatic rings. The third-order valence-electron chi connectivity index (χ3n) is 3.39. The van der Waals surface area contributed by atoms with Crippen LogP contribution in [-0.2, 0) is 14.8 Å². The van der Waals surface area contributed by atoms with Crippen LogP contribution in [0.25, 0.3) is 0 Å². The van der Waals surface area contributed by atoms with Crippen molar-refractivity contribution >= 4 is 22.4 Å². The standard InChI is InChI=1S/C14H21FN2O4S.ClH/c15-13-8-12(22(18,19)17-6-1-5-16)2-3-14(13)21-10-11-4-7-20-9-11;/h2-3,8,11,17H,1,4-7,9-10,16H2;1H. The van der Waals surface area contributed by atoms with Crippen molar-refractivity contribution in [3.05, 3.63) is 24.0 Å². The smallest absolute Gasteiger partial charge is 0.240 e. The van der Waals surface area contributed by atoms with Crippen LogP contribution >= 0.6 is 12.4 Å². The van der Waals surface area contributed by atoms with E-state index in [-0.39, 0.29) is 35.5 Å². The number of rotatable bonds is 8. The fourth-order valence-corrected chi connectivity index (χ4v) is 3.17. The van der Waals surface area contributed by atoms with Crippen molar-refractivity contribution in [1.29, 1.82) is 0 Å². The monoisotopic (exact) mass is 368 g/mol. The van der Waals surface area contributed by atoms with Crippen LogP contribution in [0.4, 0.5) is 4.39 Å². The van der Waals surface area contributed by atoms with E-state index in [1.54, 1.807) is 0 Å². The van der Waals surface area contributed by atoms with Gasteiger partial charge in [0.25, 0.3) is 0 Å². The number of nitrogens with two attached hydrogens (primary N) is 1. The summed E-state index contributed by atoms with van der Waals surface area (Å²) in [5.41, 5.74) is 5.31. The number of benzene rings is 1. The molecule has 2 rings (SSSR count). The lowest BCUT2D eigenvalue weighted by Gasteiger charge is -2.12. The lowest BCUT2D eigenvalue weighted by Crippen LogP contribution is -2.26.